The Morgan fingerprint density at radius 2 is 2.13 bits per heavy atom. The van der Waals surface area contributed by atoms with Crippen molar-refractivity contribution < 1.29 is 19.0 Å². The number of methoxy groups -OCH3 is 1. The van der Waals surface area contributed by atoms with Gasteiger partial charge in [0.2, 0.25) is 0 Å². The minimum atomic E-state index is -0.444. The second kappa shape index (κ2) is 4.42. The zero-order chi connectivity index (χ0) is 10.7. The Kier molecular flexibility index (Phi) is 2.99. The van der Waals surface area contributed by atoms with Crippen LogP contribution in [0.15, 0.2) is 18.2 Å². The topological polar surface area (TPSA) is 44.8 Å². The zero-order valence-electron chi connectivity index (χ0n) is 8.43. The van der Waals surface area contributed by atoms with E-state index in [1.807, 2.05) is 0 Å². The van der Waals surface area contributed by atoms with Gasteiger partial charge in [0, 0.05) is 11.1 Å². The van der Waals surface area contributed by atoms with Crippen LogP contribution in [0.3, 0.4) is 0 Å². The van der Waals surface area contributed by atoms with Gasteiger partial charge in [0.25, 0.3) is 0 Å². The summed E-state index contributed by atoms with van der Waals surface area (Å²) in [4.78, 5) is 10.8. The van der Waals surface area contributed by atoms with E-state index in [4.69, 9.17) is 14.2 Å². The number of hydrogen-bond acceptors (Lipinski definition) is 4. The Morgan fingerprint density at radius 3 is 2.73 bits per heavy atom. The summed E-state index contributed by atoms with van der Waals surface area (Å²) >= 11 is 0. The van der Waals surface area contributed by atoms with Crippen LogP contribution < -0.4 is 4.74 Å². The van der Waals surface area contributed by atoms with Gasteiger partial charge in [0.05, 0.1) is 20.3 Å². The van der Waals surface area contributed by atoms with E-state index < -0.39 is 6.29 Å². The Labute approximate surface area is 87.8 Å². The molecule has 4 heteroatoms. The lowest BCUT2D eigenvalue weighted by atomic mass is 10.1. The standard InChI is InChI=1S/C11H12O4/c1-13-9-3-2-8(7-12)10(6-9)11-14-4-5-15-11/h2-3,6-7,11H,4-5H2,1H3. The molecule has 1 aromatic rings. The van der Waals surface area contributed by atoms with Gasteiger partial charge in [-0.15, -0.1) is 0 Å². The number of aldehydes is 1. The Balaban J connectivity index is 2.36. The van der Waals surface area contributed by atoms with E-state index >= 15 is 0 Å². The minimum absolute atomic E-state index is 0.444. The van der Waals surface area contributed by atoms with Crippen molar-refractivity contribution in [1.82, 2.24) is 0 Å². The molecule has 2 rings (SSSR count). The summed E-state index contributed by atoms with van der Waals surface area (Å²) in [5, 5.41) is 0. The maximum Gasteiger partial charge on any atom is 0.184 e. The van der Waals surface area contributed by atoms with Crippen LogP contribution in [0.25, 0.3) is 0 Å². The van der Waals surface area contributed by atoms with Gasteiger partial charge in [-0.2, -0.15) is 0 Å². The molecule has 1 aliphatic rings. The van der Waals surface area contributed by atoms with Crippen molar-refractivity contribution in [2.45, 2.75) is 6.29 Å². The maximum absolute atomic E-state index is 10.8. The van der Waals surface area contributed by atoms with Crippen LogP contribution in [0.5, 0.6) is 5.75 Å². The molecule has 4 nitrogen and oxygen atoms in total. The molecule has 1 heterocycles. The fraction of sp³-hybridized carbons (Fsp3) is 0.364. The van der Waals surface area contributed by atoms with Gasteiger partial charge in [-0.3, -0.25) is 4.79 Å². The predicted octanol–water partition coefficient (Wildman–Crippen LogP) is 1.55. The summed E-state index contributed by atoms with van der Waals surface area (Å²) in [7, 11) is 1.58. The van der Waals surface area contributed by atoms with Crippen molar-refractivity contribution >= 4 is 6.29 Å². The SMILES string of the molecule is COc1ccc(C=O)c(C2OCCO2)c1. The summed E-state index contributed by atoms with van der Waals surface area (Å²) in [5.41, 5.74) is 1.30. The molecule has 0 spiro atoms. The highest BCUT2D eigenvalue weighted by Gasteiger charge is 2.21. The molecule has 1 saturated heterocycles. The number of carbonyl (C=O) groups excluding carboxylic acids is 1. The van der Waals surface area contributed by atoms with Crippen LogP contribution in [0.1, 0.15) is 22.2 Å². The molecular formula is C11H12O4. The fourth-order valence-corrected chi connectivity index (χ4v) is 1.53. The number of hydrogen-bond donors (Lipinski definition) is 0. The first kappa shape index (κ1) is 10.1. The summed E-state index contributed by atoms with van der Waals surface area (Å²) in [5.74, 6) is 0.690. The van der Waals surface area contributed by atoms with Gasteiger partial charge in [-0.25, -0.2) is 0 Å². The molecule has 0 radical (unpaired) electrons. The molecule has 0 saturated carbocycles. The lowest BCUT2D eigenvalue weighted by molar-refractivity contribution is -0.0445. The molecule has 0 bridgehead atoms. The van der Waals surface area contributed by atoms with Crippen LogP contribution in [-0.2, 0) is 9.47 Å². The lowest BCUT2D eigenvalue weighted by Gasteiger charge is -2.12. The van der Waals surface area contributed by atoms with Gasteiger partial charge in [0.15, 0.2) is 12.6 Å². The monoisotopic (exact) mass is 208 g/mol. The first-order valence-electron chi connectivity index (χ1n) is 4.71. The van der Waals surface area contributed by atoms with E-state index in [2.05, 4.69) is 0 Å². The molecule has 0 atom stereocenters. The number of carbonyl (C=O) groups is 1. The fourth-order valence-electron chi connectivity index (χ4n) is 1.53. The average molecular weight is 208 g/mol. The van der Waals surface area contributed by atoms with Crippen LogP contribution >= 0.6 is 0 Å². The van der Waals surface area contributed by atoms with Gasteiger partial charge >= 0.3 is 0 Å². The van der Waals surface area contributed by atoms with Crippen LogP contribution in [0.2, 0.25) is 0 Å². The quantitative estimate of drug-likeness (QED) is 0.707. The average Bonchev–Trinajstić information content (AvgIpc) is 2.81. The van der Waals surface area contributed by atoms with E-state index in [-0.39, 0.29) is 0 Å². The zero-order valence-corrected chi connectivity index (χ0v) is 8.43. The molecule has 0 aliphatic carbocycles. The summed E-state index contributed by atoms with van der Waals surface area (Å²) in [6, 6.07) is 5.20. The van der Waals surface area contributed by atoms with Crippen molar-refractivity contribution in [2.24, 2.45) is 0 Å². The van der Waals surface area contributed by atoms with Gasteiger partial charge in [0.1, 0.15) is 5.75 Å². The smallest absolute Gasteiger partial charge is 0.184 e. The number of rotatable bonds is 3. The first-order chi connectivity index (χ1) is 7.35. The van der Waals surface area contributed by atoms with E-state index in [9.17, 15) is 4.79 Å². The number of benzene rings is 1. The lowest BCUT2D eigenvalue weighted by Crippen LogP contribution is -2.03. The van der Waals surface area contributed by atoms with E-state index in [0.29, 0.717) is 24.5 Å². The Bertz CT molecular complexity index is 356. The minimum Gasteiger partial charge on any atom is -0.497 e. The highest BCUT2D eigenvalue weighted by Crippen LogP contribution is 2.28. The molecule has 1 aliphatic heterocycles. The van der Waals surface area contributed by atoms with Crippen molar-refractivity contribution in [2.75, 3.05) is 20.3 Å². The molecule has 0 aromatic heterocycles. The number of ether oxygens (including phenoxy) is 3. The molecule has 0 amide bonds. The normalized spacial score (nSPS) is 16.6. The third-order valence-electron chi connectivity index (χ3n) is 2.30. The second-order valence-corrected chi connectivity index (χ2v) is 3.19. The largest absolute Gasteiger partial charge is 0.497 e. The summed E-state index contributed by atoms with van der Waals surface area (Å²) < 4.78 is 15.8. The maximum atomic E-state index is 10.8. The van der Waals surface area contributed by atoms with E-state index in [1.165, 1.54) is 0 Å². The molecule has 15 heavy (non-hydrogen) atoms. The highest BCUT2D eigenvalue weighted by atomic mass is 16.7. The van der Waals surface area contributed by atoms with Crippen molar-refractivity contribution in [3.8, 4) is 5.75 Å². The highest BCUT2D eigenvalue weighted by molar-refractivity contribution is 5.77. The van der Waals surface area contributed by atoms with Gasteiger partial charge in [-0.1, -0.05) is 0 Å². The molecule has 1 aromatic carbocycles. The first-order valence-corrected chi connectivity index (χ1v) is 4.71. The Hall–Kier alpha value is -1.39. The molecular weight excluding hydrogens is 196 g/mol. The summed E-state index contributed by atoms with van der Waals surface area (Å²) in [6.07, 6.45) is 0.347. The molecule has 0 N–H and O–H groups in total. The third-order valence-corrected chi connectivity index (χ3v) is 2.30. The molecule has 80 valence electrons. The van der Waals surface area contributed by atoms with Crippen molar-refractivity contribution in [3.05, 3.63) is 29.3 Å². The van der Waals surface area contributed by atoms with E-state index in [1.54, 1.807) is 25.3 Å². The summed E-state index contributed by atoms with van der Waals surface area (Å²) in [6.45, 7) is 1.11. The van der Waals surface area contributed by atoms with Crippen LogP contribution in [0, 0.1) is 0 Å². The van der Waals surface area contributed by atoms with E-state index in [0.717, 1.165) is 11.8 Å². The molecule has 0 unspecified atom stereocenters. The third kappa shape index (κ3) is 2.00. The van der Waals surface area contributed by atoms with Crippen LogP contribution in [0.4, 0.5) is 0 Å². The second-order valence-electron chi connectivity index (χ2n) is 3.19. The van der Waals surface area contributed by atoms with Gasteiger partial charge < -0.3 is 14.2 Å². The predicted molar refractivity (Wildman–Crippen MR) is 53.0 cm³/mol. The molecule has 1 fully saturated rings. The Morgan fingerprint density at radius 1 is 1.40 bits per heavy atom. The van der Waals surface area contributed by atoms with Crippen molar-refractivity contribution in [1.29, 1.82) is 0 Å². The van der Waals surface area contributed by atoms with Gasteiger partial charge in [-0.05, 0) is 18.2 Å². The van der Waals surface area contributed by atoms with Crippen molar-refractivity contribution in [3.63, 3.8) is 0 Å². The van der Waals surface area contributed by atoms with Crippen LogP contribution in [-0.4, -0.2) is 26.6 Å².